The van der Waals surface area contributed by atoms with Crippen molar-refractivity contribution in [3.63, 3.8) is 0 Å². The van der Waals surface area contributed by atoms with Crippen molar-refractivity contribution in [1.82, 2.24) is 5.32 Å². The van der Waals surface area contributed by atoms with Crippen LogP contribution in [0.2, 0.25) is 0 Å². The van der Waals surface area contributed by atoms with E-state index < -0.39 is 6.10 Å². The highest BCUT2D eigenvalue weighted by molar-refractivity contribution is 4.85. The summed E-state index contributed by atoms with van der Waals surface area (Å²) < 4.78 is 5.15. The van der Waals surface area contributed by atoms with Crippen LogP contribution < -0.4 is 5.32 Å². The van der Waals surface area contributed by atoms with Gasteiger partial charge in [0.05, 0.1) is 25.4 Å². The van der Waals surface area contributed by atoms with Crippen molar-refractivity contribution in [3.8, 4) is 0 Å². The molecule has 1 saturated heterocycles. The first-order valence-electron chi connectivity index (χ1n) is 5.28. The summed E-state index contributed by atoms with van der Waals surface area (Å²) in [5, 5.41) is 21.8. The number of rotatable bonds is 5. The predicted octanol–water partition coefficient (Wildman–Crippen LogP) is -0.257. The second-order valence-corrected chi connectivity index (χ2v) is 4.24. The Labute approximate surface area is 85.3 Å². The molecule has 1 rings (SSSR count). The standard InChI is InChI=1S/C10H21NO3/c1-7(2)8(3-4-12)11-9-5-14-6-10(9)13/h7-13H,3-6H2,1-2H3. The molecule has 0 spiro atoms. The molecule has 1 aliphatic rings. The average molecular weight is 203 g/mol. The summed E-state index contributed by atoms with van der Waals surface area (Å²) in [5.41, 5.74) is 0. The fourth-order valence-corrected chi connectivity index (χ4v) is 1.73. The van der Waals surface area contributed by atoms with Crippen molar-refractivity contribution < 1.29 is 14.9 Å². The van der Waals surface area contributed by atoms with Gasteiger partial charge in [-0.05, 0) is 12.3 Å². The predicted molar refractivity (Wildman–Crippen MR) is 54.1 cm³/mol. The molecule has 84 valence electrons. The van der Waals surface area contributed by atoms with Crippen molar-refractivity contribution in [2.45, 2.75) is 38.5 Å². The molecule has 1 fully saturated rings. The van der Waals surface area contributed by atoms with Crippen LogP contribution >= 0.6 is 0 Å². The minimum absolute atomic E-state index is 0.0222. The van der Waals surface area contributed by atoms with Gasteiger partial charge in [-0.25, -0.2) is 0 Å². The van der Waals surface area contributed by atoms with Gasteiger partial charge in [0.1, 0.15) is 0 Å². The summed E-state index contributed by atoms with van der Waals surface area (Å²) in [5.74, 6) is 0.454. The second kappa shape index (κ2) is 5.66. The molecule has 14 heavy (non-hydrogen) atoms. The van der Waals surface area contributed by atoms with Crippen LogP contribution in [0.1, 0.15) is 20.3 Å². The third-order valence-electron chi connectivity index (χ3n) is 2.72. The Bertz CT molecular complexity index is 163. The summed E-state index contributed by atoms with van der Waals surface area (Å²) >= 11 is 0. The lowest BCUT2D eigenvalue weighted by molar-refractivity contribution is 0.119. The molecule has 0 amide bonds. The largest absolute Gasteiger partial charge is 0.396 e. The Kier molecular flexibility index (Phi) is 4.81. The number of nitrogens with one attached hydrogen (secondary N) is 1. The van der Waals surface area contributed by atoms with Crippen molar-refractivity contribution in [1.29, 1.82) is 0 Å². The normalized spacial score (nSPS) is 29.8. The molecule has 3 unspecified atom stereocenters. The Morgan fingerprint density at radius 2 is 2.14 bits per heavy atom. The van der Waals surface area contributed by atoms with Crippen LogP contribution in [0.25, 0.3) is 0 Å². The lowest BCUT2D eigenvalue weighted by Crippen LogP contribution is -2.47. The van der Waals surface area contributed by atoms with Crippen molar-refractivity contribution in [2.75, 3.05) is 19.8 Å². The lowest BCUT2D eigenvalue weighted by Gasteiger charge is -2.26. The molecule has 3 N–H and O–H groups in total. The third kappa shape index (κ3) is 3.20. The molecule has 3 atom stereocenters. The quantitative estimate of drug-likeness (QED) is 0.576. The van der Waals surface area contributed by atoms with Crippen LogP contribution in [0.3, 0.4) is 0 Å². The van der Waals surface area contributed by atoms with E-state index in [0.717, 1.165) is 6.42 Å². The van der Waals surface area contributed by atoms with Crippen LogP contribution in [0.4, 0.5) is 0 Å². The van der Waals surface area contributed by atoms with Crippen LogP contribution in [-0.4, -0.2) is 48.2 Å². The molecule has 0 aromatic rings. The molecule has 1 aliphatic heterocycles. The molecule has 0 aromatic heterocycles. The smallest absolute Gasteiger partial charge is 0.0948 e. The monoisotopic (exact) mass is 203 g/mol. The van der Waals surface area contributed by atoms with E-state index in [1.54, 1.807) is 0 Å². The van der Waals surface area contributed by atoms with Gasteiger partial charge in [0.25, 0.3) is 0 Å². The molecular weight excluding hydrogens is 182 g/mol. The Morgan fingerprint density at radius 3 is 2.57 bits per heavy atom. The van der Waals surface area contributed by atoms with Crippen molar-refractivity contribution >= 4 is 0 Å². The molecule has 4 heteroatoms. The van der Waals surface area contributed by atoms with Gasteiger partial charge >= 0.3 is 0 Å². The summed E-state index contributed by atoms with van der Waals surface area (Å²) in [7, 11) is 0. The zero-order chi connectivity index (χ0) is 10.6. The maximum atomic E-state index is 9.54. The van der Waals surface area contributed by atoms with E-state index in [4.69, 9.17) is 9.84 Å². The third-order valence-corrected chi connectivity index (χ3v) is 2.72. The van der Waals surface area contributed by atoms with Gasteiger partial charge in [-0.3, -0.25) is 0 Å². The number of hydrogen-bond acceptors (Lipinski definition) is 4. The van der Waals surface area contributed by atoms with E-state index in [2.05, 4.69) is 19.2 Å². The van der Waals surface area contributed by atoms with Crippen molar-refractivity contribution in [2.24, 2.45) is 5.92 Å². The SMILES string of the molecule is CC(C)C(CCO)NC1COCC1O. The van der Waals surface area contributed by atoms with E-state index in [1.807, 2.05) is 0 Å². The van der Waals surface area contributed by atoms with Gasteiger partial charge in [0, 0.05) is 12.6 Å². The van der Waals surface area contributed by atoms with Gasteiger partial charge in [-0.15, -0.1) is 0 Å². The van der Waals surface area contributed by atoms with Gasteiger partial charge in [-0.2, -0.15) is 0 Å². The number of ether oxygens (including phenoxy) is 1. The van der Waals surface area contributed by atoms with E-state index in [9.17, 15) is 5.11 Å². The Balaban J connectivity index is 2.37. The summed E-state index contributed by atoms with van der Waals surface area (Å²) in [4.78, 5) is 0. The first kappa shape index (κ1) is 11.9. The number of aliphatic hydroxyl groups excluding tert-OH is 2. The summed E-state index contributed by atoms with van der Waals surface area (Å²) in [6, 6.07) is 0.273. The molecule has 0 saturated carbocycles. The molecule has 1 heterocycles. The highest BCUT2D eigenvalue weighted by Crippen LogP contribution is 2.11. The average Bonchev–Trinajstić information content (AvgIpc) is 2.51. The number of aliphatic hydroxyl groups is 2. The Morgan fingerprint density at radius 1 is 1.43 bits per heavy atom. The van der Waals surface area contributed by atoms with Crippen LogP contribution in [0, 0.1) is 5.92 Å². The molecule has 0 radical (unpaired) electrons. The molecule has 0 bridgehead atoms. The van der Waals surface area contributed by atoms with Crippen LogP contribution in [0.5, 0.6) is 0 Å². The zero-order valence-electron chi connectivity index (χ0n) is 8.94. The highest BCUT2D eigenvalue weighted by atomic mass is 16.5. The molecule has 0 aliphatic carbocycles. The zero-order valence-corrected chi connectivity index (χ0v) is 8.94. The van der Waals surface area contributed by atoms with E-state index >= 15 is 0 Å². The van der Waals surface area contributed by atoms with Gasteiger partial charge in [0.15, 0.2) is 0 Å². The summed E-state index contributed by atoms with van der Waals surface area (Å²) in [6.45, 7) is 5.38. The van der Waals surface area contributed by atoms with E-state index in [-0.39, 0.29) is 18.7 Å². The molecular formula is C10H21NO3. The van der Waals surface area contributed by atoms with E-state index in [1.165, 1.54) is 0 Å². The highest BCUT2D eigenvalue weighted by Gasteiger charge is 2.28. The first-order valence-corrected chi connectivity index (χ1v) is 5.28. The van der Waals surface area contributed by atoms with Crippen LogP contribution in [0.15, 0.2) is 0 Å². The molecule has 0 aromatic carbocycles. The lowest BCUT2D eigenvalue weighted by atomic mass is 9.99. The maximum absolute atomic E-state index is 9.54. The van der Waals surface area contributed by atoms with Gasteiger partial charge in [-0.1, -0.05) is 13.8 Å². The van der Waals surface area contributed by atoms with Crippen LogP contribution in [-0.2, 0) is 4.74 Å². The number of hydrogen-bond donors (Lipinski definition) is 3. The fraction of sp³-hybridized carbons (Fsp3) is 1.00. The summed E-state index contributed by atoms with van der Waals surface area (Å²) in [6.07, 6.45) is 0.316. The topological polar surface area (TPSA) is 61.7 Å². The van der Waals surface area contributed by atoms with Gasteiger partial charge < -0.3 is 20.3 Å². The first-order chi connectivity index (χ1) is 6.65. The Hall–Kier alpha value is -0.160. The molecule has 4 nitrogen and oxygen atoms in total. The second-order valence-electron chi connectivity index (χ2n) is 4.24. The van der Waals surface area contributed by atoms with Gasteiger partial charge in [0.2, 0.25) is 0 Å². The van der Waals surface area contributed by atoms with Crippen molar-refractivity contribution in [3.05, 3.63) is 0 Å². The fourth-order valence-electron chi connectivity index (χ4n) is 1.73. The minimum atomic E-state index is -0.407. The minimum Gasteiger partial charge on any atom is -0.396 e. The maximum Gasteiger partial charge on any atom is 0.0948 e. The van der Waals surface area contributed by atoms with E-state index in [0.29, 0.717) is 19.1 Å².